The Morgan fingerprint density at radius 1 is 0.939 bits per heavy atom. The average molecular weight is 488 g/mol. The number of halogens is 2. The van der Waals surface area contributed by atoms with Crippen molar-refractivity contribution in [1.82, 2.24) is 10.6 Å². The molecular weight excluding hydrogens is 457 g/mol. The zero-order chi connectivity index (χ0) is 23.2. The van der Waals surface area contributed by atoms with Gasteiger partial charge in [0.05, 0.1) is 15.7 Å². The number of para-hydroxylation sites is 1. The second kappa shape index (κ2) is 11.3. The zero-order valence-electron chi connectivity index (χ0n) is 18.8. The fourth-order valence-electron chi connectivity index (χ4n) is 4.94. The molecule has 2 aromatic carbocycles. The third-order valence-corrected chi connectivity index (χ3v) is 7.33. The molecule has 1 aliphatic carbocycles. The summed E-state index contributed by atoms with van der Waals surface area (Å²) in [6.45, 7) is 1.06. The molecular formula is C26H31Cl2N3O2. The van der Waals surface area contributed by atoms with Gasteiger partial charge in [-0.3, -0.25) is 4.79 Å². The lowest BCUT2D eigenvalue weighted by Gasteiger charge is -2.34. The number of hydrogen-bond acceptors (Lipinski definition) is 2. The van der Waals surface area contributed by atoms with E-state index in [-0.39, 0.29) is 23.9 Å². The van der Waals surface area contributed by atoms with E-state index in [1.807, 2.05) is 12.1 Å². The van der Waals surface area contributed by atoms with Crippen LogP contribution >= 0.6 is 23.2 Å². The van der Waals surface area contributed by atoms with Crippen molar-refractivity contribution < 1.29 is 9.59 Å². The summed E-state index contributed by atoms with van der Waals surface area (Å²) in [6.07, 6.45) is 7.89. The number of carbonyl (C=O) groups excluding carboxylic acids is 2. The van der Waals surface area contributed by atoms with Crippen LogP contribution in [-0.2, 0) is 17.8 Å². The van der Waals surface area contributed by atoms with Gasteiger partial charge in [-0.25, -0.2) is 4.79 Å². The van der Waals surface area contributed by atoms with Gasteiger partial charge in [0.25, 0.3) is 0 Å². The van der Waals surface area contributed by atoms with Crippen molar-refractivity contribution in [1.29, 1.82) is 0 Å². The predicted octanol–water partition coefficient (Wildman–Crippen LogP) is 6.11. The van der Waals surface area contributed by atoms with E-state index < -0.39 is 0 Å². The van der Waals surface area contributed by atoms with Gasteiger partial charge >= 0.3 is 6.03 Å². The Morgan fingerprint density at radius 2 is 1.64 bits per heavy atom. The maximum atomic E-state index is 12.7. The molecule has 2 N–H and O–H groups in total. The molecule has 1 heterocycles. The monoisotopic (exact) mass is 487 g/mol. The molecule has 4 rings (SSSR count). The number of nitrogens with zero attached hydrogens (tertiary/aromatic N) is 1. The van der Waals surface area contributed by atoms with Crippen LogP contribution in [0, 0.1) is 5.92 Å². The van der Waals surface area contributed by atoms with Gasteiger partial charge in [-0.2, -0.15) is 0 Å². The summed E-state index contributed by atoms with van der Waals surface area (Å²) in [5.74, 6) is 0.336. The number of benzene rings is 2. The smallest absolute Gasteiger partial charge is 0.315 e. The molecule has 2 aromatic rings. The molecule has 2 fully saturated rings. The van der Waals surface area contributed by atoms with Crippen molar-refractivity contribution >= 4 is 40.8 Å². The molecule has 33 heavy (non-hydrogen) atoms. The number of hydrogen-bond donors (Lipinski definition) is 2. The number of amides is 3. The number of urea groups is 1. The van der Waals surface area contributed by atoms with Crippen molar-refractivity contribution in [3.8, 4) is 0 Å². The van der Waals surface area contributed by atoms with Gasteiger partial charge in [0, 0.05) is 25.6 Å². The van der Waals surface area contributed by atoms with Crippen LogP contribution in [0.1, 0.15) is 56.1 Å². The standard InChI is InChI=1S/C26H31Cl2N3O2/c27-22-11-6-12-23(28)25(22)31-17-18(13-14-24(31)32)15-19-7-4-5-8-20(19)16-29-26(33)30-21-9-2-1-3-10-21/h4-8,11-12,18,21H,1-3,9-10,13-17H2,(H2,29,30,33). The number of piperidine rings is 1. The first kappa shape index (κ1) is 23.9. The largest absolute Gasteiger partial charge is 0.335 e. The lowest BCUT2D eigenvalue weighted by Crippen LogP contribution is -2.42. The van der Waals surface area contributed by atoms with Gasteiger partial charge in [-0.15, -0.1) is 0 Å². The van der Waals surface area contributed by atoms with E-state index in [1.54, 1.807) is 23.1 Å². The van der Waals surface area contributed by atoms with E-state index in [2.05, 4.69) is 22.8 Å². The van der Waals surface area contributed by atoms with Crippen LogP contribution in [0.4, 0.5) is 10.5 Å². The molecule has 176 valence electrons. The molecule has 0 radical (unpaired) electrons. The fourth-order valence-corrected chi connectivity index (χ4v) is 5.54. The highest BCUT2D eigenvalue weighted by Gasteiger charge is 2.29. The van der Waals surface area contributed by atoms with E-state index in [9.17, 15) is 9.59 Å². The van der Waals surface area contributed by atoms with E-state index in [0.717, 1.165) is 31.2 Å². The summed E-state index contributed by atoms with van der Waals surface area (Å²) < 4.78 is 0. The minimum atomic E-state index is -0.0977. The average Bonchev–Trinajstić information content (AvgIpc) is 2.81. The highest BCUT2D eigenvalue weighted by molar-refractivity contribution is 6.39. The quantitative estimate of drug-likeness (QED) is 0.515. The van der Waals surface area contributed by atoms with Crippen molar-refractivity contribution in [2.24, 2.45) is 5.92 Å². The number of carbonyl (C=O) groups is 2. The van der Waals surface area contributed by atoms with E-state index in [0.29, 0.717) is 35.2 Å². The van der Waals surface area contributed by atoms with E-state index >= 15 is 0 Å². The summed E-state index contributed by atoms with van der Waals surface area (Å²) in [4.78, 5) is 26.8. The minimum absolute atomic E-state index is 0.0515. The van der Waals surface area contributed by atoms with Gasteiger partial charge in [-0.1, -0.05) is 72.8 Å². The predicted molar refractivity (Wildman–Crippen MR) is 134 cm³/mol. The highest BCUT2D eigenvalue weighted by atomic mass is 35.5. The van der Waals surface area contributed by atoms with Crippen LogP contribution < -0.4 is 15.5 Å². The van der Waals surface area contributed by atoms with Gasteiger partial charge in [-0.05, 0) is 54.9 Å². The molecule has 1 saturated heterocycles. The molecule has 0 aromatic heterocycles. The topological polar surface area (TPSA) is 61.4 Å². The number of nitrogens with one attached hydrogen (secondary N) is 2. The van der Waals surface area contributed by atoms with E-state index in [1.165, 1.54) is 24.8 Å². The molecule has 1 aliphatic heterocycles. The van der Waals surface area contributed by atoms with Gasteiger partial charge < -0.3 is 15.5 Å². The SMILES string of the molecule is O=C(NCc1ccccc1CC1CCC(=O)N(c2c(Cl)cccc2Cl)C1)NC1CCCCC1. The van der Waals surface area contributed by atoms with Crippen LogP contribution in [0.25, 0.3) is 0 Å². The van der Waals surface area contributed by atoms with Crippen LogP contribution in [0.5, 0.6) is 0 Å². The van der Waals surface area contributed by atoms with Gasteiger partial charge in [0.15, 0.2) is 0 Å². The van der Waals surface area contributed by atoms with Gasteiger partial charge in [0.2, 0.25) is 5.91 Å². The van der Waals surface area contributed by atoms with Crippen molar-refractivity contribution in [3.63, 3.8) is 0 Å². The fraction of sp³-hybridized carbons (Fsp3) is 0.462. The molecule has 0 bridgehead atoms. The Labute approximate surface area is 205 Å². The van der Waals surface area contributed by atoms with Crippen LogP contribution in [0.2, 0.25) is 10.0 Å². The van der Waals surface area contributed by atoms with Crippen molar-refractivity contribution in [2.75, 3.05) is 11.4 Å². The van der Waals surface area contributed by atoms with Crippen molar-refractivity contribution in [2.45, 2.75) is 64.0 Å². The first-order valence-corrected chi connectivity index (χ1v) is 12.6. The first-order valence-electron chi connectivity index (χ1n) is 11.9. The normalized spacial score (nSPS) is 19.4. The van der Waals surface area contributed by atoms with Crippen LogP contribution in [-0.4, -0.2) is 24.5 Å². The third-order valence-electron chi connectivity index (χ3n) is 6.72. The maximum Gasteiger partial charge on any atom is 0.315 e. The lowest BCUT2D eigenvalue weighted by molar-refractivity contribution is -0.120. The maximum absolute atomic E-state index is 12.7. The summed E-state index contributed by atoms with van der Waals surface area (Å²) in [7, 11) is 0. The van der Waals surface area contributed by atoms with E-state index in [4.69, 9.17) is 23.2 Å². The highest BCUT2D eigenvalue weighted by Crippen LogP contribution is 2.37. The minimum Gasteiger partial charge on any atom is -0.335 e. The summed E-state index contributed by atoms with van der Waals surface area (Å²) in [6, 6.07) is 13.7. The molecule has 5 nitrogen and oxygen atoms in total. The molecule has 7 heteroatoms. The number of rotatable bonds is 6. The first-order chi connectivity index (χ1) is 16.0. The molecule has 1 saturated carbocycles. The Balaban J connectivity index is 1.39. The second-order valence-corrected chi connectivity index (χ2v) is 9.93. The van der Waals surface area contributed by atoms with Gasteiger partial charge in [0.1, 0.15) is 0 Å². The molecule has 3 amide bonds. The van der Waals surface area contributed by atoms with Crippen LogP contribution in [0.15, 0.2) is 42.5 Å². The Morgan fingerprint density at radius 3 is 2.36 bits per heavy atom. The third kappa shape index (κ3) is 6.21. The number of anilines is 1. The van der Waals surface area contributed by atoms with Crippen LogP contribution in [0.3, 0.4) is 0 Å². The van der Waals surface area contributed by atoms with Crippen molar-refractivity contribution in [3.05, 3.63) is 63.6 Å². The molecule has 0 spiro atoms. The lowest BCUT2D eigenvalue weighted by atomic mass is 9.89. The second-order valence-electron chi connectivity index (χ2n) is 9.11. The molecule has 1 unspecified atom stereocenters. The zero-order valence-corrected chi connectivity index (χ0v) is 20.3. The Kier molecular flexibility index (Phi) is 8.15. The Bertz CT molecular complexity index is 971. The summed E-state index contributed by atoms with van der Waals surface area (Å²) in [5, 5.41) is 7.12. The molecule has 2 aliphatic rings. The summed E-state index contributed by atoms with van der Waals surface area (Å²) >= 11 is 12.8. The Hall–Kier alpha value is -2.24. The summed E-state index contributed by atoms with van der Waals surface area (Å²) in [5.41, 5.74) is 2.90. The molecule has 1 atom stereocenters.